The molecule has 0 aromatic rings. The first kappa shape index (κ1) is 13.3. The van der Waals surface area contributed by atoms with Gasteiger partial charge in [0.2, 0.25) is 0 Å². The van der Waals surface area contributed by atoms with Crippen molar-refractivity contribution in [1.29, 1.82) is 0 Å². The minimum Gasteiger partial charge on any atom is -0.313 e. The van der Waals surface area contributed by atoms with Crippen LogP contribution in [0.3, 0.4) is 0 Å². The fourth-order valence-electron chi connectivity index (χ4n) is 1.82. The highest BCUT2D eigenvalue weighted by Crippen LogP contribution is 2.22. The molecule has 0 unspecified atom stereocenters. The molecule has 1 rings (SSSR count). The van der Waals surface area contributed by atoms with Crippen LogP contribution in [0.25, 0.3) is 0 Å². The fourth-order valence-corrected chi connectivity index (χ4v) is 2.79. The van der Waals surface area contributed by atoms with Crippen molar-refractivity contribution in [2.75, 3.05) is 18.1 Å². The second kappa shape index (κ2) is 6.06. The summed E-state index contributed by atoms with van der Waals surface area (Å²) in [5.74, 6) is 0.493. The third-order valence-electron chi connectivity index (χ3n) is 2.94. The maximum atomic E-state index is 11.2. The van der Waals surface area contributed by atoms with Crippen molar-refractivity contribution in [3.05, 3.63) is 0 Å². The number of hydrogen-bond acceptors (Lipinski definition) is 3. The Labute approximate surface area is 97.5 Å². The molecule has 0 radical (unpaired) electrons. The topological polar surface area (TPSA) is 46.2 Å². The van der Waals surface area contributed by atoms with Crippen LogP contribution in [-0.2, 0) is 9.84 Å². The molecule has 0 aromatic carbocycles. The molecule has 1 aliphatic rings. The van der Waals surface area contributed by atoms with E-state index in [-0.39, 0.29) is 11.5 Å². The van der Waals surface area contributed by atoms with Crippen LogP contribution < -0.4 is 5.32 Å². The first-order valence-corrected chi connectivity index (χ1v) is 7.87. The molecule has 1 fully saturated rings. The summed E-state index contributed by atoms with van der Waals surface area (Å²) in [7, 11) is -2.82. The van der Waals surface area contributed by atoms with Gasteiger partial charge < -0.3 is 5.32 Å². The predicted octanol–water partition coefficient (Wildman–Crippen LogP) is 1.56. The molecule has 0 aromatic heterocycles. The fraction of sp³-hybridized carbons (Fsp3) is 1.00. The van der Waals surface area contributed by atoms with Gasteiger partial charge in [0.25, 0.3) is 0 Å². The Morgan fingerprint density at radius 1 is 1.27 bits per heavy atom. The molecule has 0 aliphatic heterocycles. The second-order valence-corrected chi connectivity index (χ2v) is 7.23. The SMILES string of the molecule is CCS(=O)(=O)CCNC1CCC(Cl)CC1. The molecule has 0 amide bonds. The van der Waals surface area contributed by atoms with E-state index in [4.69, 9.17) is 11.6 Å². The third kappa shape index (κ3) is 5.18. The minimum absolute atomic E-state index is 0.239. The number of alkyl halides is 1. The van der Waals surface area contributed by atoms with Gasteiger partial charge in [0, 0.05) is 23.7 Å². The van der Waals surface area contributed by atoms with Crippen LogP contribution >= 0.6 is 11.6 Å². The monoisotopic (exact) mass is 253 g/mol. The maximum Gasteiger partial charge on any atom is 0.151 e. The van der Waals surface area contributed by atoms with Crippen LogP contribution in [0.1, 0.15) is 32.6 Å². The molecule has 15 heavy (non-hydrogen) atoms. The lowest BCUT2D eigenvalue weighted by Gasteiger charge is -2.25. The average molecular weight is 254 g/mol. The van der Waals surface area contributed by atoms with Crippen molar-refractivity contribution in [1.82, 2.24) is 5.32 Å². The number of nitrogens with one attached hydrogen (secondary N) is 1. The van der Waals surface area contributed by atoms with Gasteiger partial charge in [-0.2, -0.15) is 0 Å². The standard InChI is InChI=1S/C10H20ClNO2S/c1-2-15(13,14)8-7-12-10-5-3-9(11)4-6-10/h9-10,12H,2-8H2,1H3. The van der Waals surface area contributed by atoms with Crippen LogP contribution in [0.15, 0.2) is 0 Å². The van der Waals surface area contributed by atoms with Crippen molar-refractivity contribution < 1.29 is 8.42 Å². The molecule has 0 spiro atoms. The molecule has 0 atom stereocenters. The Kier molecular flexibility index (Phi) is 5.36. The van der Waals surface area contributed by atoms with E-state index in [0.717, 1.165) is 25.7 Å². The zero-order valence-electron chi connectivity index (χ0n) is 9.21. The molecule has 0 heterocycles. The normalized spacial score (nSPS) is 27.9. The zero-order chi connectivity index (χ0) is 11.3. The summed E-state index contributed by atoms with van der Waals surface area (Å²) in [6.07, 6.45) is 4.22. The van der Waals surface area contributed by atoms with E-state index >= 15 is 0 Å². The Morgan fingerprint density at radius 3 is 2.40 bits per heavy atom. The Morgan fingerprint density at radius 2 is 1.87 bits per heavy atom. The lowest BCUT2D eigenvalue weighted by Crippen LogP contribution is -2.36. The highest BCUT2D eigenvalue weighted by Gasteiger charge is 2.19. The molecule has 0 saturated heterocycles. The van der Waals surface area contributed by atoms with Gasteiger partial charge in [-0.15, -0.1) is 11.6 Å². The molecule has 1 N–H and O–H groups in total. The zero-order valence-corrected chi connectivity index (χ0v) is 10.8. The first-order valence-electron chi connectivity index (χ1n) is 5.61. The third-order valence-corrected chi connectivity index (χ3v) is 5.08. The van der Waals surface area contributed by atoms with E-state index in [1.807, 2.05) is 0 Å². The van der Waals surface area contributed by atoms with E-state index < -0.39 is 9.84 Å². The molecule has 1 saturated carbocycles. The molecular weight excluding hydrogens is 234 g/mol. The van der Waals surface area contributed by atoms with Crippen molar-refractivity contribution in [3.63, 3.8) is 0 Å². The van der Waals surface area contributed by atoms with Crippen molar-refractivity contribution >= 4 is 21.4 Å². The highest BCUT2D eigenvalue weighted by atomic mass is 35.5. The van der Waals surface area contributed by atoms with Crippen LogP contribution in [0.4, 0.5) is 0 Å². The minimum atomic E-state index is -2.82. The number of hydrogen-bond donors (Lipinski definition) is 1. The number of halogens is 1. The Hall–Kier alpha value is 0.200. The quantitative estimate of drug-likeness (QED) is 0.757. The summed E-state index contributed by atoms with van der Waals surface area (Å²) in [6.45, 7) is 2.27. The summed E-state index contributed by atoms with van der Waals surface area (Å²) < 4.78 is 22.5. The van der Waals surface area contributed by atoms with Gasteiger partial charge >= 0.3 is 0 Å². The van der Waals surface area contributed by atoms with Gasteiger partial charge in [0.15, 0.2) is 9.84 Å². The summed E-state index contributed by atoms with van der Waals surface area (Å²) in [4.78, 5) is 0. The highest BCUT2D eigenvalue weighted by molar-refractivity contribution is 7.91. The Bertz CT molecular complexity index is 271. The van der Waals surface area contributed by atoms with Gasteiger partial charge in [-0.1, -0.05) is 6.92 Å². The van der Waals surface area contributed by atoms with Crippen LogP contribution in [0, 0.1) is 0 Å². The molecule has 90 valence electrons. The van der Waals surface area contributed by atoms with Gasteiger partial charge in [0.1, 0.15) is 0 Å². The van der Waals surface area contributed by atoms with Gasteiger partial charge in [-0.25, -0.2) is 8.42 Å². The van der Waals surface area contributed by atoms with E-state index in [2.05, 4.69) is 5.32 Å². The largest absolute Gasteiger partial charge is 0.313 e. The summed E-state index contributed by atoms with van der Waals surface area (Å²) >= 11 is 5.99. The van der Waals surface area contributed by atoms with E-state index in [1.54, 1.807) is 6.92 Å². The molecule has 5 heteroatoms. The number of rotatable bonds is 5. The van der Waals surface area contributed by atoms with Gasteiger partial charge in [-0.3, -0.25) is 0 Å². The lowest BCUT2D eigenvalue weighted by molar-refractivity contribution is 0.384. The van der Waals surface area contributed by atoms with Crippen LogP contribution in [-0.4, -0.2) is 37.9 Å². The van der Waals surface area contributed by atoms with Gasteiger partial charge in [0.05, 0.1) is 5.75 Å². The van der Waals surface area contributed by atoms with Gasteiger partial charge in [-0.05, 0) is 25.7 Å². The van der Waals surface area contributed by atoms with Crippen molar-refractivity contribution in [3.8, 4) is 0 Å². The van der Waals surface area contributed by atoms with Crippen molar-refractivity contribution in [2.45, 2.75) is 44.0 Å². The maximum absolute atomic E-state index is 11.2. The second-order valence-electron chi connectivity index (χ2n) is 4.14. The summed E-state index contributed by atoms with van der Waals surface area (Å²) in [5, 5.41) is 3.62. The summed E-state index contributed by atoms with van der Waals surface area (Å²) in [6, 6.07) is 0.465. The van der Waals surface area contributed by atoms with Crippen LogP contribution in [0.5, 0.6) is 0 Å². The smallest absolute Gasteiger partial charge is 0.151 e. The molecule has 1 aliphatic carbocycles. The van der Waals surface area contributed by atoms with Crippen molar-refractivity contribution in [2.24, 2.45) is 0 Å². The first-order chi connectivity index (χ1) is 7.03. The van der Waals surface area contributed by atoms with Crippen LogP contribution in [0.2, 0.25) is 0 Å². The average Bonchev–Trinajstić information content (AvgIpc) is 2.21. The van der Waals surface area contributed by atoms with E-state index in [1.165, 1.54) is 0 Å². The molecular formula is C10H20ClNO2S. The predicted molar refractivity (Wildman–Crippen MR) is 64.2 cm³/mol. The number of sulfone groups is 1. The van der Waals surface area contributed by atoms with E-state index in [0.29, 0.717) is 18.0 Å². The molecule has 3 nitrogen and oxygen atoms in total. The lowest BCUT2D eigenvalue weighted by atomic mass is 9.95. The Balaban J connectivity index is 2.16. The summed E-state index contributed by atoms with van der Waals surface area (Å²) in [5.41, 5.74) is 0. The molecule has 0 bridgehead atoms. The van der Waals surface area contributed by atoms with E-state index in [9.17, 15) is 8.42 Å².